The topological polar surface area (TPSA) is 91.1 Å². The fourth-order valence-electron chi connectivity index (χ4n) is 3.76. The number of ether oxygens (including phenoxy) is 1. The van der Waals surface area contributed by atoms with Gasteiger partial charge in [0, 0.05) is 18.7 Å². The van der Waals surface area contributed by atoms with Crippen LogP contribution in [0.1, 0.15) is 57.0 Å². The highest BCUT2D eigenvalue weighted by atomic mass is 32.1. The summed E-state index contributed by atoms with van der Waals surface area (Å²) in [6.45, 7) is 11.3. The number of hydrogen-bond acceptors (Lipinski definition) is 8. The molecule has 0 unspecified atom stereocenters. The van der Waals surface area contributed by atoms with Crippen molar-refractivity contribution < 1.29 is 9.53 Å². The maximum atomic E-state index is 12.3. The molecular weight excluding hydrogens is 398 g/mol. The molecule has 0 aliphatic carbocycles. The normalized spacial score (nSPS) is 16.8. The molecule has 3 rings (SSSR count). The van der Waals surface area contributed by atoms with E-state index in [2.05, 4.69) is 25.6 Å². The van der Waals surface area contributed by atoms with Gasteiger partial charge in [-0.2, -0.15) is 9.64 Å². The van der Waals surface area contributed by atoms with Crippen LogP contribution in [0.2, 0.25) is 0 Å². The van der Waals surface area contributed by atoms with E-state index in [4.69, 9.17) is 4.74 Å². The molecule has 30 heavy (non-hydrogen) atoms. The van der Waals surface area contributed by atoms with Crippen molar-refractivity contribution in [2.24, 2.45) is 5.92 Å². The van der Waals surface area contributed by atoms with Gasteiger partial charge < -0.3 is 15.0 Å². The Morgan fingerprint density at radius 2 is 2.20 bits per heavy atom. The SMILES string of the molecule is Cc1cc(Nc2c(C#N)ncc(N3CCC[C@@H](CC(=O)OC(C)(C)C)C3)c2C)sn1. The third-order valence-corrected chi connectivity index (χ3v) is 5.82. The summed E-state index contributed by atoms with van der Waals surface area (Å²) in [7, 11) is 0. The van der Waals surface area contributed by atoms with Crippen molar-refractivity contribution >= 4 is 33.9 Å². The summed E-state index contributed by atoms with van der Waals surface area (Å²) in [5.74, 6) is 0.0937. The van der Waals surface area contributed by atoms with E-state index in [9.17, 15) is 10.1 Å². The smallest absolute Gasteiger partial charge is 0.306 e. The number of anilines is 3. The van der Waals surface area contributed by atoms with Gasteiger partial charge in [-0.05, 0) is 71.0 Å². The lowest BCUT2D eigenvalue weighted by Gasteiger charge is -2.35. The molecule has 3 heterocycles. The third kappa shape index (κ3) is 5.48. The number of carbonyl (C=O) groups excluding carboxylic acids is 1. The highest BCUT2D eigenvalue weighted by molar-refractivity contribution is 7.10. The minimum Gasteiger partial charge on any atom is -0.460 e. The van der Waals surface area contributed by atoms with E-state index in [0.717, 1.165) is 47.9 Å². The second kappa shape index (κ2) is 9.00. The lowest BCUT2D eigenvalue weighted by Crippen LogP contribution is -2.37. The summed E-state index contributed by atoms with van der Waals surface area (Å²) in [4.78, 5) is 18.9. The van der Waals surface area contributed by atoms with Crippen molar-refractivity contribution in [3.05, 3.63) is 29.2 Å². The molecule has 1 saturated heterocycles. The van der Waals surface area contributed by atoms with Crippen molar-refractivity contribution in [1.82, 2.24) is 9.36 Å². The second-order valence-corrected chi connectivity index (χ2v) is 9.61. The van der Waals surface area contributed by atoms with Crippen molar-refractivity contribution in [2.45, 2.75) is 59.5 Å². The van der Waals surface area contributed by atoms with Crippen LogP contribution in [0.5, 0.6) is 0 Å². The van der Waals surface area contributed by atoms with Crippen LogP contribution in [-0.2, 0) is 9.53 Å². The molecule has 0 amide bonds. The molecule has 0 spiro atoms. The second-order valence-electron chi connectivity index (χ2n) is 8.81. The van der Waals surface area contributed by atoms with Crippen LogP contribution < -0.4 is 10.2 Å². The Morgan fingerprint density at radius 1 is 1.43 bits per heavy atom. The lowest BCUT2D eigenvalue weighted by molar-refractivity contribution is -0.156. The van der Waals surface area contributed by atoms with E-state index >= 15 is 0 Å². The van der Waals surface area contributed by atoms with Gasteiger partial charge in [-0.15, -0.1) is 0 Å². The highest BCUT2D eigenvalue weighted by Gasteiger charge is 2.27. The quantitative estimate of drug-likeness (QED) is 0.690. The van der Waals surface area contributed by atoms with Gasteiger partial charge in [0.1, 0.15) is 16.7 Å². The first kappa shape index (κ1) is 22.0. The molecule has 0 radical (unpaired) electrons. The number of aromatic nitrogens is 2. The van der Waals surface area contributed by atoms with E-state index in [1.165, 1.54) is 11.5 Å². The third-order valence-electron chi connectivity index (χ3n) is 5.03. The molecule has 160 valence electrons. The molecule has 1 N–H and O–H groups in total. The Morgan fingerprint density at radius 3 is 2.83 bits per heavy atom. The number of piperidine rings is 1. The molecule has 1 fully saturated rings. The number of nitrogens with zero attached hydrogens (tertiary/aromatic N) is 4. The first-order valence-electron chi connectivity index (χ1n) is 10.2. The molecule has 0 saturated carbocycles. The van der Waals surface area contributed by atoms with Crippen LogP contribution in [0.4, 0.5) is 16.4 Å². The molecule has 2 aromatic rings. The maximum absolute atomic E-state index is 12.3. The fourth-order valence-corrected chi connectivity index (χ4v) is 4.43. The summed E-state index contributed by atoms with van der Waals surface area (Å²) >= 11 is 1.36. The van der Waals surface area contributed by atoms with Gasteiger partial charge in [0.05, 0.1) is 29.7 Å². The van der Waals surface area contributed by atoms with Gasteiger partial charge in [0.2, 0.25) is 0 Å². The number of pyridine rings is 1. The van der Waals surface area contributed by atoms with Gasteiger partial charge in [-0.1, -0.05) is 0 Å². The Kier molecular flexibility index (Phi) is 6.61. The Labute approximate surface area is 182 Å². The Bertz CT molecular complexity index is 957. The van der Waals surface area contributed by atoms with E-state index in [1.54, 1.807) is 6.20 Å². The predicted molar refractivity (Wildman–Crippen MR) is 119 cm³/mol. The minimum atomic E-state index is -0.464. The maximum Gasteiger partial charge on any atom is 0.306 e. The molecule has 0 bridgehead atoms. The zero-order chi connectivity index (χ0) is 21.9. The number of nitriles is 1. The molecule has 7 nitrogen and oxygen atoms in total. The Hall–Kier alpha value is -2.66. The van der Waals surface area contributed by atoms with Crippen LogP contribution in [0.25, 0.3) is 0 Å². The molecule has 1 aliphatic rings. The lowest BCUT2D eigenvalue weighted by atomic mass is 9.94. The van der Waals surface area contributed by atoms with Crippen molar-refractivity contribution in [1.29, 1.82) is 5.26 Å². The van der Waals surface area contributed by atoms with E-state index in [-0.39, 0.29) is 11.9 Å². The first-order chi connectivity index (χ1) is 14.2. The van der Waals surface area contributed by atoms with Gasteiger partial charge in [0.25, 0.3) is 0 Å². The van der Waals surface area contributed by atoms with E-state index in [1.807, 2.05) is 40.7 Å². The van der Waals surface area contributed by atoms with Crippen LogP contribution in [-0.4, -0.2) is 34.0 Å². The van der Waals surface area contributed by atoms with Crippen LogP contribution in [0.15, 0.2) is 12.3 Å². The number of hydrogen-bond donors (Lipinski definition) is 1. The summed E-state index contributed by atoms with van der Waals surface area (Å²) in [5, 5.41) is 13.7. The summed E-state index contributed by atoms with van der Waals surface area (Å²) in [6, 6.07) is 4.14. The molecule has 0 aromatic carbocycles. The predicted octanol–water partition coefficient (Wildman–Crippen LogP) is 4.72. The van der Waals surface area contributed by atoms with E-state index < -0.39 is 5.60 Å². The number of rotatable bonds is 5. The average molecular weight is 428 g/mol. The van der Waals surface area contributed by atoms with Crippen LogP contribution in [0.3, 0.4) is 0 Å². The average Bonchev–Trinajstić information content (AvgIpc) is 3.06. The minimum absolute atomic E-state index is 0.146. The number of carbonyl (C=O) groups is 1. The van der Waals surface area contributed by atoms with Crippen LogP contribution in [0, 0.1) is 31.1 Å². The molecule has 1 aliphatic heterocycles. The standard InChI is InChI=1S/C22H29N5O2S/c1-14-9-19(30-26-14)25-21-15(2)18(12-24-17(21)11-23)27-8-6-7-16(13-27)10-20(28)29-22(3,4)5/h9,12,16,25H,6-8,10,13H2,1-5H3/t16-/m0/s1. The largest absolute Gasteiger partial charge is 0.460 e. The van der Waals surface area contributed by atoms with Crippen LogP contribution >= 0.6 is 11.5 Å². The molecule has 2 aromatic heterocycles. The first-order valence-corrected chi connectivity index (χ1v) is 11.0. The molecular formula is C22H29N5O2S. The zero-order valence-electron chi connectivity index (χ0n) is 18.3. The number of esters is 1. The van der Waals surface area contributed by atoms with E-state index in [0.29, 0.717) is 17.8 Å². The molecule has 8 heteroatoms. The van der Waals surface area contributed by atoms with Crippen molar-refractivity contribution in [3.8, 4) is 6.07 Å². The van der Waals surface area contributed by atoms with Gasteiger partial charge in [-0.3, -0.25) is 4.79 Å². The van der Waals surface area contributed by atoms with Crippen molar-refractivity contribution in [3.63, 3.8) is 0 Å². The number of aryl methyl sites for hydroxylation is 1. The summed E-state index contributed by atoms with van der Waals surface area (Å²) < 4.78 is 9.80. The Balaban J connectivity index is 1.78. The molecule has 1 atom stereocenters. The zero-order valence-corrected chi connectivity index (χ0v) is 19.1. The van der Waals surface area contributed by atoms with Gasteiger partial charge in [0.15, 0.2) is 5.69 Å². The van der Waals surface area contributed by atoms with Gasteiger partial charge in [-0.25, -0.2) is 4.98 Å². The monoisotopic (exact) mass is 427 g/mol. The highest BCUT2D eigenvalue weighted by Crippen LogP contribution is 2.34. The van der Waals surface area contributed by atoms with Gasteiger partial charge >= 0.3 is 5.97 Å². The fraction of sp³-hybridized carbons (Fsp3) is 0.545. The number of nitrogens with one attached hydrogen (secondary N) is 1. The summed E-state index contributed by atoms with van der Waals surface area (Å²) in [6.07, 6.45) is 4.20. The summed E-state index contributed by atoms with van der Waals surface area (Å²) in [5.41, 5.74) is 3.52. The van der Waals surface area contributed by atoms with Crippen molar-refractivity contribution in [2.75, 3.05) is 23.3 Å².